The topological polar surface area (TPSA) is 40.5 Å². The van der Waals surface area contributed by atoms with Gasteiger partial charge < -0.3 is 10.2 Å². The van der Waals surface area contributed by atoms with Gasteiger partial charge in [0.05, 0.1) is 0 Å². The molecule has 0 radical (unpaired) electrons. The molecule has 21 heavy (non-hydrogen) atoms. The maximum Gasteiger partial charge on any atom is 0.148 e. The largest absolute Gasteiger partial charge is 0.368 e. The molecule has 2 rings (SSSR count). The predicted molar refractivity (Wildman–Crippen MR) is 84.9 cm³/mol. The van der Waals surface area contributed by atoms with Crippen LogP contribution in [0.1, 0.15) is 18.1 Å². The summed E-state index contributed by atoms with van der Waals surface area (Å²) in [6.45, 7) is 1.28. The molecule has 0 aromatic heterocycles. The van der Waals surface area contributed by atoms with Gasteiger partial charge in [-0.15, -0.1) is 0 Å². The quantitative estimate of drug-likeness (QED) is 0.515. The number of allylic oxidation sites excluding steroid dienone is 2. The molecule has 0 spiro atoms. The van der Waals surface area contributed by atoms with Crippen LogP contribution < -0.4 is 0 Å². The van der Waals surface area contributed by atoms with E-state index in [2.05, 4.69) is 48.6 Å². The zero-order valence-corrected chi connectivity index (χ0v) is 13.6. The van der Waals surface area contributed by atoms with Crippen molar-refractivity contribution in [1.29, 1.82) is 0 Å². The minimum absolute atomic E-state index is 0. The van der Waals surface area contributed by atoms with Crippen molar-refractivity contribution in [3.8, 4) is 0 Å². The zero-order chi connectivity index (χ0) is 14.6. The summed E-state index contributed by atoms with van der Waals surface area (Å²) >= 11 is 0. The van der Waals surface area contributed by atoms with Crippen molar-refractivity contribution < 1.29 is 31.9 Å². The Hall–Kier alpha value is -1.45. The van der Waals surface area contributed by atoms with Crippen LogP contribution >= 0.6 is 0 Å². The summed E-state index contributed by atoms with van der Waals surface area (Å²) in [6, 6.07) is 20.6. The standard InChI is InChI=1S/C16H14.C2H6O2.Ti/c1-3-9-15(10-4-1)13-7-8-14-16-11-5-2-6-12-16;1-2(3)4;/h1-14H;2-4H,1H3;. The normalized spacial score (nSPS) is 10.3. The van der Waals surface area contributed by atoms with Gasteiger partial charge in [-0.1, -0.05) is 85.0 Å². The minimum Gasteiger partial charge on any atom is -0.368 e. The van der Waals surface area contributed by atoms with E-state index in [9.17, 15) is 0 Å². The van der Waals surface area contributed by atoms with Crippen LogP contribution in [-0.2, 0) is 21.7 Å². The Balaban J connectivity index is 0.000000715. The number of aliphatic hydroxyl groups is 2. The maximum absolute atomic E-state index is 7.61. The van der Waals surface area contributed by atoms with Gasteiger partial charge in [-0.25, -0.2) is 0 Å². The number of aliphatic hydroxyl groups excluding tert-OH is 1. The van der Waals surface area contributed by atoms with E-state index in [1.807, 2.05) is 36.4 Å². The van der Waals surface area contributed by atoms with Gasteiger partial charge in [0.1, 0.15) is 6.29 Å². The summed E-state index contributed by atoms with van der Waals surface area (Å²) < 4.78 is 0. The Bertz CT molecular complexity index is 469. The molecule has 0 aliphatic rings. The molecule has 2 N–H and O–H groups in total. The smallest absolute Gasteiger partial charge is 0.148 e. The van der Waals surface area contributed by atoms with Crippen LogP contribution in [0.5, 0.6) is 0 Å². The van der Waals surface area contributed by atoms with Crippen LogP contribution in [-0.4, -0.2) is 16.5 Å². The molecule has 0 atom stereocenters. The minimum atomic E-state index is -1.17. The van der Waals surface area contributed by atoms with Crippen LogP contribution in [0.25, 0.3) is 12.2 Å². The van der Waals surface area contributed by atoms with Gasteiger partial charge in [0.2, 0.25) is 0 Å². The van der Waals surface area contributed by atoms with Crippen molar-refractivity contribution in [3.63, 3.8) is 0 Å². The molecule has 108 valence electrons. The van der Waals surface area contributed by atoms with Gasteiger partial charge in [0.25, 0.3) is 0 Å². The van der Waals surface area contributed by atoms with Crippen LogP contribution in [0.2, 0.25) is 0 Å². The van der Waals surface area contributed by atoms with E-state index < -0.39 is 6.29 Å². The van der Waals surface area contributed by atoms with E-state index in [4.69, 9.17) is 10.2 Å². The fourth-order valence-electron chi connectivity index (χ4n) is 1.46. The fraction of sp³-hybridized carbons (Fsp3) is 0.111. The number of hydrogen-bond donors (Lipinski definition) is 2. The van der Waals surface area contributed by atoms with Gasteiger partial charge in [-0.3, -0.25) is 0 Å². The first-order chi connectivity index (χ1) is 9.68. The molecule has 2 aromatic carbocycles. The third-order valence-electron chi connectivity index (χ3n) is 2.29. The second-order valence-corrected chi connectivity index (χ2v) is 4.17. The van der Waals surface area contributed by atoms with E-state index >= 15 is 0 Å². The second kappa shape index (κ2) is 12.3. The van der Waals surface area contributed by atoms with Gasteiger partial charge >= 0.3 is 0 Å². The van der Waals surface area contributed by atoms with E-state index in [-0.39, 0.29) is 21.7 Å². The molecular weight excluding hydrogens is 296 g/mol. The fourth-order valence-corrected chi connectivity index (χ4v) is 1.46. The second-order valence-electron chi connectivity index (χ2n) is 4.17. The molecule has 2 nitrogen and oxygen atoms in total. The predicted octanol–water partition coefficient (Wildman–Crippen LogP) is 3.73. The van der Waals surface area contributed by atoms with Gasteiger partial charge in [-0.05, 0) is 18.1 Å². The Morgan fingerprint density at radius 2 is 1.00 bits per heavy atom. The zero-order valence-electron chi connectivity index (χ0n) is 12.1. The van der Waals surface area contributed by atoms with Crippen molar-refractivity contribution in [1.82, 2.24) is 0 Å². The van der Waals surface area contributed by atoms with E-state index in [0.29, 0.717) is 0 Å². The SMILES string of the molecule is C(C=Cc1ccccc1)=Cc1ccccc1.CC(O)O.[Ti]. The molecule has 0 saturated carbocycles. The van der Waals surface area contributed by atoms with E-state index in [1.54, 1.807) is 0 Å². The third kappa shape index (κ3) is 10.9. The van der Waals surface area contributed by atoms with Crippen molar-refractivity contribution in [2.24, 2.45) is 0 Å². The summed E-state index contributed by atoms with van der Waals surface area (Å²) in [5.74, 6) is 0. The van der Waals surface area contributed by atoms with Gasteiger partial charge in [0, 0.05) is 21.7 Å². The summed E-state index contributed by atoms with van der Waals surface area (Å²) in [5, 5.41) is 15.2. The molecule has 0 amide bonds. The Morgan fingerprint density at radius 3 is 1.29 bits per heavy atom. The molecule has 0 unspecified atom stereocenters. The Labute approximate surface area is 141 Å². The van der Waals surface area contributed by atoms with Crippen LogP contribution in [0.3, 0.4) is 0 Å². The van der Waals surface area contributed by atoms with Crippen molar-refractivity contribution >= 4 is 12.2 Å². The van der Waals surface area contributed by atoms with Gasteiger partial charge in [-0.2, -0.15) is 0 Å². The molecule has 2 aromatic rings. The molecule has 0 fully saturated rings. The Morgan fingerprint density at radius 1 is 0.714 bits per heavy atom. The average molecular weight is 316 g/mol. The number of rotatable bonds is 3. The molecule has 0 bridgehead atoms. The van der Waals surface area contributed by atoms with Crippen molar-refractivity contribution in [3.05, 3.63) is 83.9 Å². The van der Waals surface area contributed by atoms with Crippen LogP contribution in [0.4, 0.5) is 0 Å². The first-order valence-corrected chi connectivity index (χ1v) is 6.49. The monoisotopic (exact) mass is 316 g/mol. The summed E-state index contributed by atoms with van der Waals surface area (Å²) in [5.41, 5.74) is 2.44. The van der Waals surface area contributed by atoms with Crippen molar-refractivity contribution in [2.75, 3.05) is 0 Å². The molecule has 0 aliphatic carbocycles. The number of benzene rings is 2. The first-order valence-electron chi connectivity index (χ1n) is 6.49. The molecule has 0 saturated heterocycles. The van der Waals surface area contributed by atoms with Gasteiger partial charge in [0.15, 0.2) is 0 Å². The molecule has 0 aliphatic heterocycles. The van der Waals surface area contributed by atoms with Crippen LogP contribution in [0.15, 0.2) is 72.8 Å². The summed E-state index contributed by atoms with van der Waals surface area (Å²) in [7, 11) is 0. The van der Waals surface area contributed by atoms with Crippen LogP contribution in [0, 0.1) is 0 Å². The third-order valence-corrected chi connectivity index (χ3v) is 2.29. The number of hydrogen-bond acceptors (Lipinski definition) is 2. The first kappa shape index (κ1) is 19.6. The molecular formula is C18H20O2Ti. The van der Waals surface area contributed by atoms with E-state index in [0.717, 1.165) is 0 Å². The molecule has 3 heteroatoms. The van der Waals surface area contributed by atoms with Crippen molar-refractivity contribution in [2.45, 2.75) is 13.2 Å². The van der Waals surface area contributed by atoms with E-state index in [1.165, 1.54) is 18.1 Å². The summed E-state index contributed by atoms with van der Waals surface area (Å²) in [6.07, 6.45) is 7.14. The average Bonchev–Trinajstić information content (AvgIpc) is 2.45. The maximum atomic E-state index is 7.61. The summed E-state index contributed by atoms with van der Waals surface area (Å²) in [4.78, 5) is 0. The molecule has 0 heterocycles. The Kier molecular flexibility index (Phi) is 11.5.